The summed E-state index contributed by atoms with van der Waals surface area (Å²) in [5.74, 6) is -4.08. The molecule has 0 fully saturated rings. The highest BCUT2D eigenvalue weighted by molar-refractivity contribution is 9.10. The van der Waals surface area contributed by atoms with Gasteiger partial charge in [-0.05, 0) is 30.3 Å². The first-order valence-electron chi connectivity index (χ1n) is 6.27. The van der Waals surface area contributed by atoms with Crippen LogP contribution < -0.4 is 5.32 Å². The van der Waals surface area contributed by atoms with E-state index in [1.165, 1.54) is 18.2 Å². The number of esters is 1. The molecule has 120 valence electrons. The first kappa shape index (κ1) is 16.9. The number of hydrogen-bond acceptors (Lipinski definition) is 4. The summed E-state index contributed by atoms with van der Waals surface area (Å²) < 4.78 is 31.1. The average Bonchev–Trinajstić information content (AvgIpc) is 2.51. The Balaban J connectivity index is 1.94. The maximum Gasteiger partial charge on any atom is 0.342 e. The van der Waals surface area contributed by atoms with Crippen LogP contribution in [0, 0.1) is 11.6 Å². The molecule has 0 saturated carbocycles. The molecule has 8 heteroatoms. The van der Waals surface area contributed by atoms with Gasteiger partial charge in [-0.2, -0.15) is 0 Å². The fourth-order valence-corrected chi connectivity index (χ4v) is 2.01. The van der Waals surface area contributed by atoms with E-state index in [9.17, 15) is 23.5 Å². The van der Waals surface area contributed by atoms with Gasteiger partial charge in [0.15, 0.2) is 18.2 Å². The normalized spacial score (nSPS) is 10.2. The van der Waals surface area contributed by atoms with Gasteiger partial charge in [-0.3, -0.25) is 4.79 Å². The SMILES string of the molecule is O=C(COC(=O)c1cc(Br)ccc1O)Nc1ccc(F)c(F)c1. The number of phenolic OH excluding ortho intramolecular Hbond substituents is 1. The van der Waals surface area contributed by atoms with Crippen LogP contribution in [0.2, 0.25) is 0 Å². The Morgan fingerprint density at radius 2 is 1.87 bits per heavy atom. The van der Waals surface area contributed by atoms with Crippen LogP contribution in [0.3, 0.4) is 0 Å². The maximum absolute atomic E-state index is 13.0. The molecule has 0 unspecified atom stereocenters. The second-order valence-corrected chi connectivity index (χ2v) is 5.33. The highest BCUT2D eigenvalue weighted by Crippen LogP contribution is 2.22. The Labute approximate surface area is 138 Å². The minimum atomic E-state index is -1.11. The number of rotatable bonds is 4. The molecule has 1 amide bonds. The number of halogens is 3. The van der Waals surface area contributed by atoms with Crippen molar-refractivity contribution in [2.24, 2.45) is 0 Å². The van der Waals surface area contributed by atoms with Crippen LogP contribution in [0.5, 0.6) is 5.75 Å². The standard InChI is InChI=1S/C15H10BrF2NO4/c16-8-1-4-13(20)10(5-8)15(22)23-7-14(21)19-9-2-3-11(17)12(18)6-9/h1-6,20H,7H2,(H,19,21). The Hall–Kier alpha value is -2.48. The summed E-state index contributed by atoms with van der Waals surface area (Å²) in [7, 11) is 0. The predicted octanol–water partition coefficient (Wildman–Crippen LogP) is 3.23. The van der Waals surface area contributed by atoms with Crippen LogP contribution in [0.15, 0.2) is 40.9 Å². The predicted molar refractivity (Wildman–Crippen MR) is 81.1 cm³/mol. The van der Waals surface area contributed by atoms with E-state index in [1.54, 1.807) is 0 Å². The summed E-state index contributed by atoms with van der Waals surface area (Å²) in [6, 6.07) is 6.98. The Morgan fingerprint density at radius 3 is 2.57 bits per heavy atom. The number of phenols is 1. The zero-order valence-corrected chi connectivity index (χ0v) is 13.1. The van der Waals surface area contributed by atoms with E-state index in [0.717, 1.165) is 18.2 Å². The van der Waals surface area contributed by atoms with Gasteiger partial charge >= 0.3 is 5.97 Å². The molecular formula is C15H10BrF2NO4. The molecule has 0 bridgehead atoms. The van der Waals surface area contributed by atoms with E-state index in [1.807, 2.05) is 0 Å². The van der Waals surface area contributed by atoms with Crippen molar-refractivity contribution >= 4 is 33.5 Å². The largest absolute Gasteiger partial charge is 0.507 e. The maximum atomic E-state index is 13.0. The molecule has 0 aliphatic rings. The number of amides is 1. The molecule has 0 spiro atoms. The summed E-state index contributed by atoms with van der Waals surface area (Å²) in [4.78, 5) is 23.4. The van der Waals surface area contributed by atoms with Gasteiger partial charge in [-0.25, -0.2) is 13.6 Å². The summed E-state index contributed by atoms with van der Waals surface area (Å²) in [6.45, 7) is -0.649. The van der Waals surface area contributed by atoms with E-state index >= 15 is 0 Å². The topological polar surface area (TPSA) is 75.6 Å². The minimum Gasteiger partial charge on any atom is -0.507 e. The number of nitrogens with one attached hydrogen (secondary N) is 1. The van der Waals surface area contributed by atoms with Crippen LogP contribution >= 0.6 is 15.9 Å². The number of anilines is 1. The van der Waals surface area contributed by atoms with E-state index in [-0.39, 0.29) is 17.0 Å². The monoisotopic (exact) mass is 385 g/mol. The number of carbonyl (C=O) groups excluding carboxylic acids is 2. The van der Waals surface area contributed by atoms with Crippen LogP contribution in [0.4, 0.5) is 14.5 Å². The summed E-state index contributed by atoms with van der Waals surface area (Å²) in [5, 5.41) is 11.8. The van der Waals surface area contributed by atoms with Crippen molar-refractivity contribution in [1.82, 2.24) is 0 Å². The van der Waals surface area contributed by atoms with Crippen molar-refractivity contribution in [3.8, 4) is 5.75 Å². The molecule has 0 radical (unpaired) electrons. The summed E-state index contributed by atoms with van der Waals surface area (Å²) in [5.41, 5.74) is -0.0877. The molecule has 0 saturated heterocycles. The lowest BCUT2D eigenvalue weighted by molar-refractivity contribution is -0.119. The average molecular weight is 386 g/mol. The third-order valence-electron chi connectivity index (χ3n) is 2.72. The lowest BCUT2D eigenvalue weighted by Crippen LogP contribution is -2.21. The Bertz CT molecular complexity index is 767. The quantitative estimate of drug-likeness (QED) is 0.792. The van der Waals surface area contributed by atoms with Gasteiger partial charge in [0, 0.05) is 16.2 Å². The van der Waals surface area contributed by atoms with E-state index in [4.69, 9.17) is 4.74 Å². The lowest BCUT2D eigenvalue weighted by atomic mass is 10.2. The van der Waals surface area contributed by atoms with Crippen LogP contribution in [0.1, 0.15) is 10.4 Å². The fraction of sp³-hybridized carbons (Fsp3) is 0.0667. The molecule has 0 aromatic heterocycles. The fourth-order valence-electron chi connectivity index (χ4n) is 1.65. The van der Waals surface area contributed by atoms with Crippen LogP contribution in [-0.4, -0.2) is 23.6 Å². The van der Waals surface area contributed by atoms with Gasteiger partial charge in [-0.1, -0.05) is 15.9 Å². The van der Waals surface area contributed by atoms with Gasteiger partial charge in [-0.15, -0.1) is 0 Å². The van der Waals surface area contributed by atoms with Gasteiger partial charge in [0.25, 0.3) is 5.91 Å². The lowest BCUT2D eigenvalue weighted by Gasteiger charge is -2.08. The second-order valence-electron chi connectivity index (χ2n) is 4.41. The Kier molecular flexibility index (Phi) is 5.28. The number of benzene rings is 2. The molecule has 2 aromatic rings. The zero-order valence-electron chi connectivity index (χ0n) is 11.5. The van der Waals surface area contributed by atoms with Gasteiger partial charge in [0.2, 0.25) is 0 Å². The van der Waals surface area contributed by atoms with Crippen molar-refractivity contribution in [2.45, 2.75) is 0 Å². The smallest absolute Gasteiger partial charge is 0.342 e. The van der Waals surface area contributed by atoms with E-state index in [2.05, 4.69) is 21.2 Å². The van der Waals surface area contributed by atoms with Crippen molar-refractivity contribution < 1.29 is 28.2 Å². The first-order chi connectivity index (χ1) is 10.9. The summed E-state index contributed by atoms with van der Waals surface area (Å²) >= 11 is 3.14. The zero-order chi connectivity index (χ0) is 17.0. The summed E-state index contributed by atoms with van der Waals surface area (Å²) in [6.07, 6.45) is 0. The first-order valence-corrected chi connectivity index (χ1v) is 7.06. The highest BCUT2D eigenvalue weighted by Gasteiger charge is 2.15. The van der Waals surface area contributed by atoms with Crippen molar-refractivity contribution in [1.29, 1.82) is 0 Å². The Morgan fingerprint density at radius 1 is 1.13 bits per heavy atom. The second kappa shape index (κ2) is 7.19. The highest BCUT2D eigenvalue weighted by atomic mass is 79.9. The molecule has 2 aromatic carbocycles. The number of carbonyl (C=O) groups is 2. The molecule has 2 N–H and O–H groups in total. The van der Waals surface area contributed by atoms with Crippen molar-refractivity contribution in [2.75, 3.05) is 11.9 Å². The van der Waals surface area contributed by atoms with Gasteiger partial charge in [0.05, 0.1) is 0 Å². The number of ether oxygens (including phenoxy) is 1. The molecule has 0 atom stereocenters. The van der Waals surface area contributed by atoms with Crippen molar-refractivity contribution in [3.63, 3.8) is 0 Å². The third-order valence-corrected chi connectivity index (χ3v) is 3.21. The van der Waals surface area contributed by atoms with E-state index in [0.29, 0.717) is 4.47 Å². The molecule has 0 aliphatic carbocycles. The van der Waals surface area contributed by atoms with Crippen LogP contribution in [-0.2, 0) is 9.53 Å². The molecule has 23 heavy (non-hydrogen) atoms. The van der Waals surface area contributed by atoms with Crippen LogP contribution in [0.25, 0.3) is 0 Å². The van der Waals surface area contributed by atoms with Gasteiger partial charge in [0.1, 0.15) is 11.3 Å². The molecule has 0 heterocycles. The number of hydrogen-bond donors (Lipinski definition) is 2. The van der Waals surface area contributed by atoms with Gasteiger partial charge < -0.3 is 15.2 Å². The molecule has 2 rings (SSSR count). The van der Waals surface area contributed by atoms with Crippen molar-refractivity contribution in [3.05, 3.63) is 58.1 Å². The third kappa shape index (κ3) is 4.49. The molecule has 0 aliphatic heterocycles. The molecule has 5 nitrogen and oxygen atoms in total. The number of aromatic hydroxyl groups is 1. The van der Waals surface area contributed by atoms with E-state index < -0.39 is 30.1 Å². The minimum absolute atomic E-state index is 0.0234. The molecular weight excluding hydrogens is 376 g/mol.